The molecule has 0 aromatic carbocycles. The van der Waals surface area contributed by atoms with Crippen molar-refractivity contribution in [1.29, 1.82) is 0 Å². The van der Waals surface area contributed by atoms with Crippen molar-refractivity contribution in [1.82, 2.24) is 20.5 Å². The molecule has 96 valence electrons. The third kappa shape index (κ3) is 2.92. The molecule has 0 radical (unpaired) electrons. The Morgan fingerprint density at radius 3 is 2.83 bits per heavy atom. The van der Waals surface area contributed by atoms with Crippen LogP contribution in [0.15, 0.2) is 22.7 Å². The highest BCUT2D eigenvalue weighted by Gasteiger charge is 2.14. The molecule has 0 fully saturated rings. The number of nitrogens with zero attached hydrogens (tertiary/aromatic N) is 3. The van der Waals surface area contributed by atoms with E-state index in [1.807, 2.05) is 26.0 Å². The van der Waals surface area contributed by atoms with E-state index in [2.05, 4.69) is 27.4 Å². The smallest absolute Gasteiger partial charge is 0.249 e. The van der Waals surface area contributed by atoms with Crippen molar-refractivity contribution < 1.29 is 4.42 Å². The minimum absolute atomic E-state index is 0.0737. The number of hydrogen-bond acceptors (Lipinski definition) is 5. The van der Waals surface area contributed by atoms with Gasteiger partial charge in [0.25, 0.3) is 0 Å². The van der Waals surface area contributed by atoms with Crippen LogP contribution in [0.4, 0.5) is 0 Å². The fourth-order valence-corrected chi connectivity index (χ4v) is 1.57. The molecule has 5 nitrogen and oxygen atoms in total. The highest BCUT2D eigenvalue weighted by molar-refractivity contribution is 5.50. The van der Waals surface area contributed by atoms with Gasteiger partial charge >= 0.3 is 0 Å². The molecular weight excluding hydrogens is 228 g/mol. The average molecular weight is 246 g/mol. The van der Waals surface area contributed by atoms with Gasteiger partial charge in [0.1, 0.15) is 0 Å². The summed E-state index contributed by atoms with van der Waals surface area (Å²) in [4.78, 5) is 4.22. The maximum Gasteiger partial charge on any atom is 0.249 e. The van der Waals surface area contributed by atoms with Crippen molar-refractivity contribution >= 4 is 0 Å². The molecule has 1 N–H and O–H groups in total. The first-order chi connectivity index (χ1) is 8.70. The quantitative estimate of drug-likeness (QED) is 0.878. The molecular formula is C13H18N4O. The Kier molecular flexibility index (Phi) is 4.04. The summed E-state index contributed by atoms with van der Waals surface area (Å²) in [6.45, 7) is 7.02. The second kappa shape index (κ2) is 5.73. The second-order valence-electron chi connectivity index (χ2n) is 4.31. The number of rotatable bonds is 5. The summed E-state index contributed by atoms with van der Waals surface area (Å²) < 4.78 is 5.64. The van der Waals surface area contributed by atoms with E-state index in [1.54, 1.807) is 6.20 Å². The van der Waals surface area contributed by atoms with Crippen molar-refractivity contribution in [2.75, 3.05) is 6.54 Å². The van der Waals surface area contributed by atoms with Gasteiger partial charge in [-0.3, -0.25) is 4.98 Å². The number of nitrogens with one attached hydrogen (secondary N) is 1. The van der Waals surface area contributed by atoms with Crippen LogP contribution < -0.4 is 5.32 Å². The van der Waals surface area contributed by atoms with Crippen LogP contribution in [0.5, 0.6) is 0 Å². The van der Waals surface area contributed by atoms with Gasteiger partial charge in [-0.15, -0.1) is 10.2 Å². The summed E-state index contributed by atoms with van der Waals surface area (Å²) in [7, 11) is 0. The lowest BCUT2D eigenvalue weighted by molar-refractivity contribution is 0.423. The Balaban J connectivity index is 2.12. The zero-order valence-corrected chi connectivity index (χ0v) is 11.0. The first-order valence-electron chi connectivity index (χ1n) is 6.20. The molecule has 2 aromatic heterocycles. The predicted molar refractivity (Wildman–Crippen MR) is 69.0 cm³/mol. The maximum absolute atomic E-state index is 5.64. The van der Waals surface area contributed by atoms with E-state index in [-0.39, 0.29) is 6.04 Å². The Morgan fingerprint density at radius 2 is 2.17 bits per heavy atom. The molecule has 2 aromatic rings. The van der Waals surface area contributed by atoms with Gasteiger partial charge in [-0.05, 0) is 38.9 Å². The van der Waals surface area contributed by atoms with Crippen molar-refractivity contribution in [3.8, 4) is 11.5 Å². The van der Waals surface area contributed by atoms with Crippen molar-refractivity contribution in [3.05, 3.63) is 29.9 Å². The molecule has 0 saturated carbocycles. The molecule has 0 saturated heterocycles. The highest BCUT2D eigenvalue weighted by Crippen LogP contribution is 2.19. The Bertz CT molecular complexity index is 492. The molecule has 0 bridgehead atoms. The molecule has 0 aliphatic carbocycles. The van der Waals surface area contributed by atoms with Gasteiger partial charge in [-0.2, -0.15) is 0 Å². The normalized spacial score (nSPS) is 12.6. The zero-order valence-electron chi connectivity index (χ0n) is 11.0. The van der Waals surface area contributed by atoms with Gasteiger partial charge in [0.2, 0.25) is 11.8 Å². The highest BCUT2D eigenvalue weighted by atomic mass is 16.4. The van der Waals surface area contributed by atoms with E-state index in [0.717, 1.165) is 24.2 Å². The molecule has 1 unspecified atom stereocenters. The van der Waals surface area contributed by atoms with Crippen molar-refractivity contribution in [2.45, 2.75) is 33.2 Å². The van der Waals surface area contributed by atoms with Gasteiger partial charge in [-0.25, -0.2) is 0 Å². The fraction of sp³-hybridized carbons (Fsp3) is 0.462. The molecule has 0 aliphatic rings. The summed E-state index contributed by atoms with van der Waals surface area (Å²) in [5.41, 5.74) is 1.82. The number of aromatic nitrogens is 3. The van der Waals surface area contributed by atoms with Crippen molar-refractivity contribution in [2.24, 2.45) is 0 Å². The minimum Gasteiger partial charge on any atom is -0.419 e. The van der Waals surface area contributed by atoms with Crippen LogP contribution in [0.1, 0.15) is 37.9 Å². The lowest BCUT2D eigenvalue weighted by Gasteiger charge is -2.07. The van der Waals surface area contributed by atoms with E-state index in [9.17, 15) is 0 Å². The molecule has 0 aliphatic heterocycles. The van der Waals surface area contributed by atoms with Crippen LogP contribution in [0, 0.1) is 6.92 Å². The summed E-state index contributed by atoms with van der Waals surface area (Å²) in [6, 6.07) is 3.94. The predicted octanol–water partition coefficient (Wildman–Crippen LogP) is 2.50. The third-order valence-corrected chi connectivity index (χ3v) is 2.67. The van der Waals surface area contributed by atoms with E-state index < -0.39 is 0 Å². The molecule has 5 heteroatoms. The molecule has 2 rings (SSSR count). The zero-order chi connectivity index (χ0) is 13.0. The molecule has 0 amide bonds. The van der Waals surface area contributed by atoms with E-state index in [0.29, 0.717) is 11.8 Å². The van der Waals surface area contributed by atoms with E-state index in [1.165, 1.54) is 0 Å². The number of aryl methyl sites for hydroxylation is 1. The third-order valence-electron chi connectivity index (χ3n) is 2.67. The van der Waals surface area contributed by atoms with Gasteiger partial charge in [0, 0.05) is 11.9 Å². The standard InChI is InChI=1S/C13H18N4O/c1-4-7-14-10(3)12-16-17-13(18-12)11-6-5-9(2)15-8-11/h5-6,8,10,14H,4,7H2,1-3H3. The van der Waals surface area contributed by atoms with Gasteiger partial charge in [-0.1, -0.05) is 6.92 Å². The molecule has 2 heterocycles. The topological polar surface area (TPSA) is 63.8 Å². The van der Waals surface area contributed by atoms with E-state index >= 15 is 0 Å². The summed E-state index contributed by atoms with van der Waals surface area (Å²) in [5, 5.41) is 11.4. The number of hydrogen-bond donors (Lipinski definition) is 1. The summed E-state index contributed by atoms with van der Waals surface area (Å²) >= 11 is 0. The largest absolute Gasteiger partial charge is 0.419 e. The van der Waals surface area contributed by atoms with Crippen LogP contribution in [-0.2, 0) is 0 Å². The maximum atomic E-state index is 5.64. The Morgan fingerprint density at radius 1 is 1.33 bits per heavy atom. The van der Waals surface area contributed by atoms with Crippen LogP contribution in [0.3, 0.4) is 0 Å². The lowest BCUT2D eigenvalue weighted by atomic mass is 10.2. The number of pyridine rings is 1. The Hall–Kier alpha value is -1.75. The van der Waals surface area contributed by atoms with E-state index in [4.69, 9.17) is 4.42 Å². The SMILES string of the molecule is CCCNC(C)c1nnc(-c2ccc(C)nc2)o1. The molecule has 18 heavy (non-hydrogen) atoms. The van der Waals surface area contributed by atoms with Crippen LogP contribution in [0.2, 0.25) is 0 Å². The summed E-state index contributed by atoms with van der Waals surface area (Å²) in [5.74, 6) is 1.13. The van der Waals surface area contributed by atoms with Gasteiger partial charge in [0.15, 0.2) is 0 Å². The first-order valence-corrected chi connectivity index (χ1v) is 6.20. The fourth-order valence-electron chi connectivity index (χ4n) is 1.57. The van der Waals surface area contributed by atoms with Gasteiger partial charge < -0.3 is 9.73 Å². The molecule has 1 atom stereocenters. The molecule has 0 spiro atoms. The second-order valence-corrected chi connectivity index (χ2v) is 4.31. The van der Waals surface area contributed by atoms with Gasteiger partial charge in [0.05, 0.1) is 11.6 Å². The first kappa shape index (κ1) is 12.7. The minimum atomic E-state index is 0.0737. The Labute approximate surface area is 107 Å². The average Bonchev–Trinajstić information content (AvgIpc) is 2.86. The van der Waals surface area contributed by atoms with Crippen LogP contribution in [0.25, 0.3) is 11.5 Å². The monoisotopic (exact) mass is 246 g/mol. The summed E-state index contributed by atoms with van der Waals surface area (Å²) in [6.07, 6.45) is 2.82. The lowest BCUT2D eigenvalue weighted by Crippen LogP contribution is -2.19. The van der Waals surface area contributed by atoms with Crippen LogP contribution in [-0.4, -0.2) is 21.7 Å². The van der Waals surface area contributed by atoms with Crippen molar-refractivity contribution in [3.63, 3.8) is 0 Å². The van der Waals surface area contributed by atoms with Crippen LogP contribution >= 0.6 is 0 Å².